The predicted octanol–water partition coefficient (Wildman–Crippen LogP) is 5.41. The molecule has 1 amide bonds. The Bertz CT molecular complexity index is 892. The fraction of sp³-hybridized carbons (Fsp3) is 0.304. The molecule has 5 heteroatoms. The Labute approximate surface area is 170 Å². The van der Waals surface area contributed by atoms with E-state index in [1.165, 1.54) is 11.3 Å². The van der Waals surface area contributed by atoms with Crippen LogP contribution in [0, 0.1) is 0 Å². The van der Waals surface area contributed by atoms with Gasteiger partial charge in [-0.1, -0.05) is 55.8 Å². The van der Waals surface area contributed by atoms with Gasteiger partial charge in [0.05, 0.1) is 30.3 Å². The Balaban J connectivity index is 1.68. The van der Waals surface area contributed by atoms with Gasteiger partial charge in [0, 0.05) is 5.38 Å². The molecule has 28 heavy (non-hydrogen) atoms. The Morgan fingerprint density at radius 1 is 1.11 bits per heavy atom. The molecule has 1 heterocycles. The number of rotatable bonds is 9. The van der Waals surface area contributed by atoms with Crippen LogP contribution in [0.3, 0.4) is 0 Å². The van der Waals surface area contributed by atoms with E-state index in [0.717, 1.165) is 40.4 Å². The van der Waals surface area contributed by atoms with E-state index in [0.29, 0.717) is 6.61 Å². The molecule has 0 saturated heterocycles. The van der Waals surface area contributed by atoms with Crippen LogP contribution in [0.4, 0.5) is 0 Å². The SMILES string of the molecule is CCCC(NC(=O)Cc1csc(-c2ccccc2OCC)n1)c1ccccc1. The van der Waals surface area contributed by atoms with Crippen molar-refractivity contribution in [3.05, 3.63) is 71.2 Å². The first-order valence-corrected chi connectivity index (χ1v) is 10.6. The first-order chi connectivity index (χ1) is 13.7. The molecule has 0 aliphatic rings. The average Bonchev–Trinajstić information content (AvgIpc) is 3.17. The van der Waals surface area contributed by atoms with Crippen molar-refractivity contribution in [1.29, 1.82) is 0 Å². The van der Waals surface area contributed by atoms with Crippen molar-refractivity contribution in [2.24, 2.45) is 0 Å². The number of amides is 1. The van der Waals surface area contributed by atoms with Crippen LogP contribution in [-0.2, 0) is 11.2 Å². The van der Waals surface area contributed by atoms with Crippen LogP contribution in [0.2, 0.25) is 0 Å². The van der Waals surface area contributed by atoms with E-state index in [-0.39, 0.29) is 18.4 Å². The van der Waals surface area contributed by atoms with Crippen molar-refractivity contribution < 1.29 is 9.53 Å². The zero-order valence-electron chi connectivity index (χ0n) is 16.4. The van der Waals surface area contributed by atoms with Gasteiger partial charge < -0.3 is 10.1 Å². The van der Waals surface area contributed by atoms with Gasteiger partial charge >= 0.3 is 0 Å². The third-order valence-corrected chi connectivity index (χ3v) is 5.35. The number of carbonyl (C=O) groups excluding carboxylic acids is 1. The van der Waals surface area contributed by atoms with E-state index in [1.54, 1.807) is 0 Å². The summed E-state index contributed by atoms with van der Waals surface area (Å²) in [6, 6.07) is 18.0. The molecule has 0 radical (unpaired) electrons. The van der Waals surface area contributed by atoms with Crippen molar-refractivity contribution in [3.8, 4) is 16.3 Å². The summed E-state index contributed by atoms with van der Waals surface area (Å²) < 4.78 is 5.70. The molecule has 0 spiro atoms. The molecule has 0 aliphatic carbocycles. The number of nitrogens with zero attached hydrogens (tertiary/aromatic N) is 1. The van der Waals surface area contributed by atoms with Crippen LogP contribution in [0.15, 0.2) is 60.0 Å². The third-order valence-electron chi connectivity index (χ3n) is 4.43. The zero-order chi connectivity index (χ0) is 19.8. The normalized spacial score (nSPS) is 11.8. The quantitative estimate of drug-likeness (QED) is 0.528. The molecule has 0 aliphatic heterocycles. The van der Waals surface area contributed by atoms with Crippen molar-refractivity contribution in [3.63, 3.8) is 0 Å². The molecule has 2 aromatic carbocycles. The number of benzene rings is 2. The number of aromatic nitrogens is 1. The smallest absolute Gasteiger partial charge is 0.226 e. The Kier molecular flexibility index (Phi) is 7.20. The standard InChI is InChI=1S/C23H26N2O2S/c1-3-10-20(17-11-6-5-7-12-17)25-22(26)15-18-16-28-23(24-18)19-13-8-9-14-21(19)27-4-2/h5-9,11-14,16,20H,3-4,10,15H2,1-2H3,(H,25,26). The first-order valence-electron chi connectivity index (χ1n) is 9.72. The highest BCUT2D eigenvalue weighted by Crippen LogP contribution is 2.32. The molecule has 3 aromatic rings. The largest absolute Gasteiger partial charge is 0.493 e. The van der Waals surface area contributed by atoms with Crippen LogP contribution in [0.1, 0.15) is 44.0 Å². The first kappa shape index (κ1) is 20.1. The third kappa shape index (κ3) is 5.20. The van der Waals surface area contributed by atoms with Gasteiger partial charge in [0.1, 0.15) is 10.8 Å². The maximum Gasteiger partial charge on any atom is 0.226 e. The number of nitrogens with one attached hydrogen (secondary N) is 1. The van der Waals surface area contributed by atoms with Gasteiger partial charge in [-0.05, 0) is 31.0 Å². The molecule has 1 unspecified atom stereocenters. The van der Waals surface area contributed by atoms with Crippen molar-refractivity contribution in [2.45, 2.75) is 39.2 Å². The summed E-state index contributed by atoms with van der Waals surface area (Å²) in [5.41, 5.74) is 2.89. The van der Waals surface area contributed by atoms with E-state index < -0.39 is 0 Å². The van der Waals surface area contributed by atoms with Gasteiger partial charge in [0.25, 0.3) is 0 Å². The summed E-state index contributed by atoms with van der Waals surface area (Å²) in [6.45, 7) is 4.70. The fourth-order valence-electron chi connectivity index (χ4n) is 3.14. The molecular formula is C23H26N2O2S. The van der Waals surface area contributed by atoms with Crippen molar-refractivity contribution in [1.82, 2.24) is 10.3 Å². The Morgan fingerprint density at radius 2 is 1.86 bits per heavy atom. The van der Waals surface area contributed by atoms with Gasteiger partial charge in [0.15, 0.2) is 0 Å². The maximum atomic E-state index is 12.6. The summed E-state index contributed by atoms with van der Waals surface area (Å²) in [5, 5.41) is 5.99. The number of carbonyl (C=O) groups is 1. The van der Waals surface area contributed by atoms with E-state index >= 15 is 0 Å². The molecule has 0 bridgehead atoms. The number of ether oxygens (including phenoxy) is 1. The van der Waals surface area contributed by atoms with E-state index in [1.807, 2.05) is 54.8 Å². The number of thiazole rings is 1. The average molecular weight is 395 g/mol. The highest BCUT2D eigenvalue weighted by molar-refractivity contribution is 7.13. The molecule has 1 atom stereocenters. The van der Waals surface area contributed by atoms with Crippen molar-refractivity contribution in [2.75, 3.05) is 6.61 Å². The lowest BCUT2D eigenvalue weighted by Crippen LogP contribution is -2.29. The number of hydrogen-bond acceptors (Lipinski definition) is 4. The fourth-order valence-corrected chi connectivity index (χ4v) is 3.99. The highest BCUT2D eigenvalue weighted by Gasteiger charge is 2.16. The van der Waals surface area contributed by atoms with E-state index in [4.69, 9.17) is 4.74 Å². The van der Waals surface area contributed by atoms with Gasteiger partial charge in [-0.15, -0.1) is 11.3 Å². The highest BCUT2D eigenvalue weighted by atomic mass is 32.1. The summed E-state index contributed by atoms with van der Waals surface area (Å²) in [4.78, 5) is 17.3. The lowest BCUT2D eigenvalue weighted by Gasteiger charge is -2.18. The molecule has 4 nitrogen and oxygen atoms in total. The van der Waals surface area contributed by atoms with Crippen LogP contribution in [0.25, 0.3) is 10.6 Å². The minimum absolute atomic E-state index is 0.00255. The maximum absolute atomic E-state index is 12.6. The second kappa shape index (κ2) is 10.0. The summed E-state index contributed by atoms with van der Waals surface area (Å²) in [6.07, 6.45) is 2.20. The Hall–Kier alpha value is -2.66. The number of para-hydroxylation sites is 1. The van der Waals surface area contributed by atoms with Gasteiger partial charge in [0.2, 0.25) is 5.91 Å². The van der Waals surface area contributed by atoms with E-state index in [2.05, 4.69) is 29.4 Å². The lowest BCUT2D eigenvalue weighted by molar-refractivity contribution is -0.121. The minimum atomic E-state index is -0.00255. The summed E-state index contributed by atoms with van der Waals surface area (Å²) in [7, 11) is 0. The van der Waals surface area contributed by atoms with Crippen LogP contribution >= 0.6 is 11.3 Å². The predicted molar refractivity (Wildman–Crippen MR) is 115 cm³/mol. The molecule has 0 saturated carbocycles. The molecule has 146 valence electrons. The molecule has 3 rings (SSSR count). The van der Waals surface area contributed by atoms with Crippen molar-refractivity contribution >= 4 is 17.2 Å². The minimum Gasteiger partial charge on any atom is -0.493 e. The second-order valence-electron chi connectivity index (χ2n) is 6.57. The second-order valence-corrected chi connectivity index (χ2v) is 7.43. The van der Waals surface area contributed by atoms with Crippen LogP contribution < -0.4 is 10.1 Å². The van der Waals surface area contributed by atoms with Gasteiger partial charge in [-0.2, -0.15) is 0 Å². The monoisotopic (exact) mass is 394 g/mol. The summed E-state index contributed by atoms with van der Waals surface area (Å²) in [5.74, 6) is 0.819. The summed E-state index contributed by atoms with van der Waals surface area (Å²) >= 11 is 1.54. The molecule has 1 aromatic heterocycles. The zero-order valence-corrected chi connectivity index (χ0v) is 17.2. The topological polar surface area (TPSA) is 51.2 Å². The van der Waals surface area contributed by atoms with Crippen LogP contribution in [0.5, 0.6) is 5.75 Å². The molecular weight excluding hydrogens is 368 g/mol. The molecule has 1 N–H and O–H groups in total. The molecule has 0 fully saturated rings. The van der Waals surface area contributed by atoms with E-state index in [9.17, 15) is 4.79 Å². The Morgan fingerprint density at radius 3 is 2.61 bits per heavy atom. The van der Waals surface area contributed by atoms with Gasteiger partial charge in [-0.3, -0.25) is 4.79 Å². The van der Waals surface area contributed by atoms with Gasteiger partial charge in [-0.25, -0.2) is 4.98 Å². The van der Waals surface area contributed by atoms with Crippen LogP contribution in [-0.4, -0.2) is 17.5 Å². The lowest BCUT2D eigenvalue weighted by atomic mass is 10.0. The number of hydrogen-bond donors (Lipinski definition) is 1.